The molecule has 3 aromatic rings. The molecule has 0 saturated heterocycles. The zero-order valence-electron chi connectivity index (χ0n) is 17.3. The van der Waals surface area contributed by atoms with Crippen LogP contribution < -0.4 is 20.4 Å². The lowest BCUT2D eigenvalue weighted by Crippen LogP contribution is -2.07. The molecule has 0 aliphatic rings. The van der Waals surface area contributed by atoms with Crippen molar-refractivity contribution in [2.45, 2.75) is 0 Å². The third-order valence-electron chi connectivity index (χ3n) is 4.16. The van der Waals surface area contributed by atoms with Crippen LogP contribution in [0.4, 0.5) is 22.7 Å². The second-order valence-corrected chi connectivity index (χ2v) is 7.38. The molecule has 3 aromatic carbocycles. The van der Waals surface area contributed by atoms with Gasteiger partial charge >= 0.3 is 0 Å². The smallest absolute Gasteiger partial charge is 0.181 e. The molecule has 32 heavy (non-hydrogen) atoms. The van der Waals surface area contributed by atoms with Crippen LogP contribution in [0.15, 0.2) is 80.4 Å². The molecule has 10 heteroatoms. The SMILES string of the molecule is CN(C)c1ccc(N=Nc2c(Br)cc(OON)cc2C#N)c(N=COc2ccccc2)c1. The highest BCUT2D eigenvalue weighted by atomic mass is 79.9. The lowest BCUT2D eigenvalue weighted by molar-refractivity contribution is -0.211. The first-order valence-corrected chi connectivity index (χ1v) is 10.1. The van der Waals surface area contributed by atoms with Crippen molar-refractivity contribution in [3.05, 3.63) is 70.7 Å². The Morgan fingerprint density at radius 3 is 2.47 bits per heavy atom. The fourth-order valence-corrected chi connectivity index (χ4v) is 3.11. The number of hydrogen-bond acceptors (Lipinski definition) is 9. The maximum Gasteiger partial charge on any atom is 0.181 e. The molecule has 0 fully saturated rings. The van der Waals surface area contributed by atoms with Crippen LogP contribution in [-0.2, 0) is 4.99 Å². The summed E-state index contributed by atoms with van der Waals surface area (Å²) in [6.45, 7) is 0. The summed E-state index contributed by atoms with van der Waals surface area (Å²) >= 11 is 3.36. The van der Waals surface area contributed by atoms with Gasteiger partial charge in [0.15, 0.2) is 12.2 Å². The molecular weight excluding hydrogens is 476 g/mol. The largest absolute Gasteiger partial charge is 0.446 e. The minimum absolute atomic E-state index is 0.220. The Kier molecular flexibility index (Phi) is 7.88. The molecule has 2 N–H and O–H groups in total. The van der Waals surface area contributed by atoms with Gasteiger partial charge in [-0.3, -0.25) is 0 Å². The van der Waals surface area contributed by atoms with Crippen molar-refractivity contribution in [3.63, 3.8) is 0 Å². The number of nitrogens with two attached hydrogens (primary N) is 1. The number of anilines is 1. The van der Waals surface area contributed by atoms with Crippen LogP contribution in [0.2, 0.25) is 0 Å². The Hall–Kier alpha value is -3.78. The summed E-state index contributed by atoms with van der Waals surface area (Å²) in [7, 11) is 3.85. The molecule has 162 valence electrons. The average molecular weight is 495 g/mol. The van der Waals surface area contributed by atoms with E-state index in [9.17, 15) is 5.26 Å². The van der Waals surface area contributed by atoms with E-state index in [1.807, 2.05) is 67.5 Å². The highest BCUT2D eigenvalue weighted by Gasteiger charge is 2.11. The van der Waals surface area contributed by atoms with E-state index in [1.54, 1.807) is 12.1 Å². The number of halogens is 1. The van der Waals surface area contributed by atoms with Crippen molar-refractivity contribution in [3.8, 4) is 17.6 Å². The summed E-state index contributed by atoms with van der Waals surface area (Å²) in [5, 5.41) is 18.0. The number of ether oxygens (including phenoxy) is 1. The lowest BCUT2D eigenvalue weighted by Gasteiger charge is -2.13. The van der Waals surface area contributed by atoms with E-state index in [4.69, 9.17) is 15.5 Å². The monoisotopic (exact) mass is 494 g/mol. The zero-order chi connectivity index (χ0) is 22.9. The van der Waals surface area contributed by atoms with Gasteiger partial charge in [0, 0.05) is 31.9 Å². The quantitative estimate of drug-likeness (QED) is 0.140. The highest BCUT2D eigenvalue weighted by molar-refractivity contribution is 9.10. The number of benzene rings is 3. The number of rotatable bonds is 8. The van der Waals surface area contributed by atoms with Crippen molar-refractivity contribution in [2.24, 2.45) is 21.1 Å². The molecule has 0 radical (unpaired) electrons. The van der Waals surface area contributed by atoms with Crippen molar-refractivity contribution in [1.82, 2.24) is 0 Å². The van der Waals surface area contributed by atoms with Crippen LogP contribution >= 0.6 is 15.9 Å². The Bertz CT molecular complexity index is 1180. The summed E-state index contributed by atoms with van der Waals surface area (Å²) in [5.41, 5.74) is 2.51. The molecule has 0 heterocycles. The normalized spacial score (nSPS) is 11.0. The van der Waals surface area contributed by atoms with E-state index in [0.717, 1.165) is 5.69 Å². The van der Waals surface area contributed by atoms with Crippen LogP contribution in [-0.4, -0.2) is 20.5 Å². The van der Waals surface area contributed by atoms with Gasteiger partial charge in [0.05, 0.1) is 15.7 Å². The topological polar surface area (TPSA) is 118 Å². The fourth-order valence-electron chi connectivity index (χ4n) is 2.59. The molecular formula is C22H19BrN6O3. The number of azo groups is 1. The van der Waals surface area contributed by atoms with Gasteiger partial charge in [-0.25, -0.2) is 4.99 Å². The van der Waals surface area contributed by atoms with E-state index in [2.05, 4.69) is 36.1 Å². The number of nitriles is 1. The van der Waals surface area contributed by atoms with Crippen LogP contribution in [0.5, 0.6) is 11.5 Å². The van der Waals surface area contributed by atoms with Gasteiger partial charge in [-0.05, 0) is 46.3 Å². The molecule has 0 aliphatic carbocycles. The first-order valence-electron chi connectivity index (χ1n) is 9.26. The van der Waals surface area contributed by atoms with E-state index >= 15 is 0 Å². The van der Waals surface area contributed by atoms with Gasteiger partial charge in [0.25, 0.3) is 0 Å². The van der Waals surface area contributed by atoms with Gasteiger partial charge in [-0.1, -0.05) is 23.2 Å². The van der Waals surface area contributed by atoms with Gasteiger partial charge < -0.3 is 14.5 Å². The predicted molar refractivity (Wildman–Crippen MR) is 125 cm³/mol. The van der Waals surface area contributed by atoms with Gasteiger partial charge in [-0.15, -0.1) is 10.2 Å². The second kappa shape index (κ2) is 11.0. The first-order chi connectivity index (χ1) is 15.5. The van der Waals surface area contributed by atoms with Crippen molar-refractivity contribution >= 4 is 45.1 Å². The van der Waals surface area contributed by atoms with Gasteiger partial charge in [0.1, 0.15) is 23.2 Å². The molecule has 0 aliphatic heterocycles. The molecule has 3 rings (SSSR count). The molecule has 0 atom stereocenters. The Labute approximate surface area is 193 Å². The summed E-state index contributed by atoms with van der Waals surface area (Å²) < 4.78 is 6.04. The van der Waals surface area contributed by atoms with E-state index in [0.29, 0.717) is 27.3 Å². The number of nitrogens with zero attached hydrogens (tertiary/aromatic N) is 5. The molecule has 0 amide bonds. The third kappa shape index (κ3) is 5.89. The maximum atomic E-state index is 9.46. The van der Waals surface area contributed by atoms with Crippen LogP contribution in [0, 0.1) is 11.3 Å². The van der Waals surface area contributed by atoms with Crippen molar-refractivity contribution < 1.29 is 14.6 Å². The molecule has 0 saturated carbocycles. The van der Waals surface area contributed by atoms with Gasteiger partial charge in [0.2, 0.25) is 0 Å². The van der Waals surface area contributed by atoms with Gasteiger partial charge in [-0.2, -0.15) is 11.2 Å². The number of para-hydroxylation sites is 1. The van der Waals surface area contributed by atoms with Crippen LogP contribution in [0.3, 0.4) is 0 Å². The van der Waals surface area contributed by atoms with E-state index in [1.165, 1.54) is 12.5 Å². The number of hydrogen-bond donors (Lipinski definition) is 1. The molecule has 0 spiro atoms. The van der Waals surface area contributed by atoms with E-state index < -0.39 is 0 Å². The second-order valence-electron chi connectivity index (χ2n) is 6.53. The van der Waals surface area contributed by atoms with Crippen LogP contribution in [0.1, 0.15) is 5.56 Å². The summed E-state index contributed by atoms with van der Waals surface area (Å²) in [6, 6.07) is 19.9. The third-order valence-corrected chi connectivity index (χ3v) is 4.76. The lowest BCUT2D eigenvalue weighted by atomic mass is 10.2. The molecule has 9 nitrogen and oxygen atoms in total. The van der Waals surface area contributed by atoms with Crippen molar-refractivity contribution in [2.75, 3.05) is 19.0 Å². The maximum absolute atomic E-state index is 9.46. The Morgan fingerprint density at radius 2 is 1.78 bits per heavy atom. The minimum atomic E-state index is 0.220. The zero-order valence-corrected chi connectivity index (χ0v) is 18.9. The number of aliphatic imine (C=N–C) groups is 1. The summed E-state index contributed by atoms with van der Waals surface area (Å²) in [6.07, 6.45) is 1.35. The fraction of sp³-hybridized carbons (Fsp3) is 0.0909. The summed E-state index contributed by atoms with van der Waals surface area (Å²) in [5.74, 6) is 5.82. The predicted octanol–water partition coefficient (Wildman–Crippen LogP) is 5.73. The standard InChI is InChI=1S/C22H19BrN6O3/c1-29(2)16-8-9-20(21(11-16)26-14-30-17-6-4-3-5-7-17)27-28-22-15(13-24)10-18(31-32-25)12-19(22)23/h3-12,14H,25H2,1-2H3. The highest BCUT2D eigenvalue weighted by Crippen LogP contribution is 2.37. The Morgan fingerprint density at radius 1 is 1.00 bits per heavy atom. The first kappa shape index (κ1) is 22.9. The molecule has 0 unspecified atom stereocenters. The summed E-state index contributed by atoms with van der Waals surface area (Å²) in [4.78, 5) is 15.3. The Balaban J connectivity index is 1.94. The molecule has 0 bridgehead atoms. The minimum Gasteiger partial charge on any atom is -0.446 e. The van der Waals surface area contributed by atoms with Crippen LogP contribution in [0.25, 0.3) is 0 Å². The van der Waals surface area contributed by atoms with E-state index in [-0.39, 0.29) is 11.3 Å². The average Bonchev–Trinajstić information content (AvgIpc) is 2.79. The molecule has 0 aromatic heterocycles. The van der Waals surface area contributed by atoms with Crippen molar-refractivity contribution in [1.29, 1.82) is 5.26 Å².